The molecule has 0 spiro atoms. The highest BCUT2D eigenvalue weighted by Gasteiger charge is 1.90. The number of rotatable bonds is 2. The summed E-state index contributed by atoms with van der Waals surface area (Å²) >= 11 is 5.11. The average molecular weight is 218 g/mol. The van der Waals surface area contributed by atoms with Gasteiger partial charge < -0.3 is 0 Å². The van der Waals surface area contributed by atoms with E-state index in [1.54, 1.807) is 11.8 Å². The van der Waals surface area contributed by atoms with E-state index in [1.165, 1.54) is 0 Å². The lowest BCUT2D eigenvalue weighted by molar-refractivity contribution is 1.17. The molecule has 1 aromatic rings. The van der Waals surface area contributed by atoms with Crippen molar-refractivity contribution in [2.45, 2.75) is 5.75 Å². The van der Waals surface area contributed by atoms with Crippen LogP contribution in [0.25, 0.3) is 0 Å². The van der Waals surface area contributed by atoms with E-state index in [1.807, 2.05) is 18.3 Å². The molecule has 3 heteroatoms. The molecule has 0 aliphatic rings. The predicted octanol–water partition coefficient (Wildman–Crippen LogP) is 2.71. The van der Waals surface area contributed by atoms with Crippen LogP contribution in [0.5, 0.6) is 0 Å². The Morgan fingerprint density at radius 3 is 2.90 bits per heavy atom. The average Bonchev–Trinajstić information content (AvgIpc) is 1.95. The Labute approximate surface area is 73.4 Å². The van der Waals surface area contributed by atoms with E-state index in [2.05, 4.69) is 27.2 Å². The lowest BCUT2D eigenvalue weighted by Crippen LogP contribution is -1.83. The first-order valence-electron chi connectivity index (χ1n) is 2.92. The zero-order valence-electron chi connectivity index (χ0n) is 5.67. The molecule has 0 bridgehead atoms. The van der Waals surface area contributed by atoms with Crippen molar-refractivity contribution in [3.63, 3.8) is 0 Å². The molecule has 0 N–H and O–H groups in total. The van der Waals surface area contributed by atoms with Gasteiger partial charge in [0.1, 0.15) is 0 Å². The Morgan fingerprint density at radius 1 is 1.60 bits per heavy atom. The molecule has 0 radical (unpaired) electrons. The van der Waals surface area contributed by atoms with Crippen LogP contribution in [0.2, 0.25) is 0 Å². The fourth-order valence-corrected chi connectivity index (χ4v) is 1.34. The molecule has 1 rings (SSSR count). The Balaban J connectivity index is 2.69. The van der Waals surface area contributed by atoms with Gasteiger partial charge in [-0.15, -0.1) is 0 Å². The molecule has 0 aliphatic carbocycles. The largest absolute Gasteiger partial charge is 0.259 e. The van der Waals surface area contributed by atoms with Crippen molar-refractivity contribution in [3.05, 3.63) is 28.5 Å². The standard InChI is InChI=1S/C7H8BrNS/c1-10-5-7-3-2-6(8)4-9-7/h2-4H,5H2,1H3. The van der Waals surface area contributed by atoms with Crippen molar-refractivity contribution >= 4 is 27.7 Å². The number of halogens is 1. The van der Waals surface area contributed by atoms with Crippen LogP contribution in [-0.4, -0.2) is 11.2 Å². The van der Waals surface area contributed by atoms with Crippen molar-refractivity contribution in [2.75, 3.05) is 6.26 Å². The summed E-state index contributed by atoms with van der Waals surface area (Å²) in [5.74, 6) is 0.993. The zero-order valence-corrected chi connectivity index (χ0v) is 8.08. The molecule has 0 unspecified atom stereocenters. The second-order valence-corrected chi connectivity index (χ2v) is 3.68. The van der Waals surface area contributed by atoms with Crippen molar-refractivity contribution < 1.29 is 0 Å². The third kappa shape index (κ3) is 2.31. The maximum absolute atomic E-state index is 4.20. The van der Waals surface area contributed by atoms with E-state index in [4.69, 9.17) is 0 Å². The third-order valence-electron chi connectivity index (χ3n) is 1.08. The van der Waals surface area contributed by atoms with Gasteiger partial charge >= 0.3 is 0 Å². The van der Waals surface area contributed by atoms with Crippen LogP contribution in [0.1, 0.15) is 5.69 Å². The van der Waals surface area contributed by atoms with Gasteiger partial charge in [0, 0.05) is 16.4 Å². The molecule has 54 valence electrons. The Morgan fingerprint density at radius 2 is 2.40 bits per heavy atom. The molecule has 0 aliphatic heterocycles. The highest BCUT2D eigenvalue weighted by atomic mass is 79.9. The van der Waals surface area contributed by atoms with Gasteiger partial charge in [0.25, 0.3) is 0 Å². The number of nitrogens with zero attached hydrogens (tertiary/aromatic N) is 1. The van der Waals surface area contributed by atoms with Crippen LogP contribution in [0.15, 0.2) is 22.8 Å². The minimum absolute atomic E-state index is 0.993. The monoisotopic (exact) mass is 217 g/mol. The SMILES string of the molecule is CSCc1ccc(Br)cn1. The fraction of sp³-hybridized carbons (Fsp3) is 0.286. The van der Waals surface area contributed by atoms with Gasteiger partial charge in [0.2, 0.25) is 0 Å². The lowest BCUT2D eigenvalue weighted by Gasteiger charge is -1.95. The molecule has 0 fully saturated rings. The predicted molar refractivity (Wildman–Crippen MR) is 49.2 cm³/mol. The van der Waals surface area contributed by atoms with E-state index < -0.39 is 0 Å². The van der Waals surface area contributed by atoms with Crippen molar-refractivity contribution in [3.8, 4) is 0 Å². The number of aromatic nitrogens is 1. The van der Waals surface area contributed by atoms with E-state index in [0.29, 0.717) is 0 Å². The molecular formula is C7H8BrNS. The fourth-order valence-electron chi connectivity index (χ4n) is 0.640. The summed E-state index contributed by atoms with van der Waals surface area (Å²) in [7, 11) is 0. The first-order valence-corrected chi connectivity index (χ1v) is 5.11. The second-order valence-electron chi connectivity index (χ2n) is 1.90. The van der Waals surface area contributed by atoms with Crippen LogP contribution in [0.3, 0.4) is 0 Å². The number of pyridine rings is 1. The van der Waals surface area contributed by atoms with Gasteiger partial charge in [0.05, 0.1) is 5.69 Å². The van der Waals surface area contributed by atoms with Crippen molar-refractivity contribution in [1.82, 2.24) is 4.98 Å². The smallest absolute Gasteiger partial charge is 0.0503 e. The maximum atomic E-state index is 4.20. The number of hydrogen-bond acceptors (Lipinski definition) is 2. The van der Waals surface area contributed by atoms with Gasteiger partial charge in [0.15, 0.2) is 0 Å². The number of thioether (sulfide) groups is 1. The molecule has 0 aromatic carbocycles. The molecule has 0 saturated heterocycles. The Bertz CT molecular complexity index is 197. The highest BCUT2D eigenvalue weighted by molar-refractivity contribution is 9.10. The van der Waals surface area contributed by atoms with Gasteiger partial charge in [-0.2, -0.15) is 11.8 Å². The molecule has 1 aromatic heterocycles. The maximum Gasteiger partial charge on any atom is 0.0503 e. The topological polar surface area (TPSA) is 12.9 Å². The first-order chi connectivity index (χ1) is 4.83. The van der Waals surface area contributed by atoms with Crippen LogP contribution in [0.4, 0.5) is 0 Å². The van der Waals surface area contributed by atoms with E-state index in [0.717, 1.165) is 15.9 Å². The van der Waals surface area contributed by atoms with Crippen LogP contribution < -0.4 is 0 Å². The minimum atomic E-state index is 0.993. The zero-order chi connectivity index (χ0) is 7.40. The molecular weight excluding hydrogens is 210 g/mol. The molecule has 0 atom stereocenters. The molecule has 1 heterocycles. The lowest BCUT2D eigenvalue weighted by atomic mass is 10.4. The van der Waals surface area contributed by atoms with Crippen molar-refractivity contribution in [1.29, 1.82) is 0 Å². The van der Waals surface area contributed by atoms with Gasteiger partial charge in [-0.1, -0.05) is 0 Å². The van der Waals surface area contributed by atoms with E-state index in [-0.39, 0.29) is 0 Å². The van der Waals surface area contributed by atoms with E-state index in [9.17, 15) is 0 Å². The van der Waals surface area contributed by atoms with Gasteiger partial charge in [-0.25, -0.2) is 0 Å². The summed E-state index contributed by atoms with van der Waals surface area (Å²) in [5.41, 5.74) is 1.13. The second kappa shape index (κ2) is 3.98. The Hall–Kier alpha value is -0.0200. The quantitative estimate of drug-likeness (QED) is 0.756. The van der Waals surface area contributed by atoms with Crippen molar-refractivity contribution in [2.24, 2.45) is 0 Å². The summed E-state index contributed by atoms with van der Waals surface area (Å²) in [4.78, 5) is 4.20. The minimum Gasteiger partial charge on any atom is -0.259 e. The van der Waals surface area contributed by atoms with Gasteiger partial charge in [-0.3, -0.25) is 4.98 Å². The highest BCUT2D eigenvalue weighted by Crippen LogP contribution is 2.10. The summed E-state index contributed by atoms with van der Waals surface area (Å²) < 4.78 is 1.04. The summed E-state index contributed by atoms with van der Waals surface area (Å²) in [6, 6.07) is 4.04. The Kier molecular flexibility index (Phi) is 3.22. The summed E-state index contributed by atoms with van der Waals surface area (Å²) in [6.07, 6.45) is 3.90. The van der Waals surface area contributed by atoms with Gasteiger partial charge in [-0.05, 0) is 34.3 Å². The molecule has 1 nitrogen and oxygen atoms in total. The summed E-state index contributed by atoms with van der Waals surface area (Å²) in [5, 5.41) is 0. The van der Waals surface area contributed by atoms with Crippen LogP contribution in [-0.2, 0) is 5.75 Å². The molecule has 0 saturated carbocycles. The number of hydrogen-bond donors (Lipinski definition) is 0. The van der Waals surface area contributed by atoms with E-state index >= 15 is 0 Å². The first kappa shape index (κ1) is 8.08. The normalized spacial score (nSPS) is 9.80. The third-order valence-corrected chi connectivity index (χ3v) is 2.13. The van der Waals surface area contributed by atoms with Crippen LogP contribution >= 0.6 is 27.7 Å². The summed E-state index contributed by atoms with van der Waals surface area (Å²) in [6.45, 7) is 0. The molecule has 0 amide bonds. The van der Waals surface area contributed by atoms with Crippen LogP contribution in [0, 0.1) is 0 Å². The molecule has 10 heavy (non-hydrogen) atoms.